The molecule has 0 spiro atoms. The van der Waals surface area contributed by atoms with Gasteiger partial charge in [0.2, 0.25) is 0 Å². The number of imidazole rings is 4. The smallest absolute Gasteiger partial charge is 0.293 e. The average molecular weight is 1840 g/mol. The minimum absolute atomic E-state index is 0.0427. The lowest BCUT2D eigenvalue weighted by atomic mass is 10.00. The van der Waals surface area contributed by atoms with E-state index in [1.165, 1.54) is 174 Å². The Bertz CT molecular complexity index is 6590. The van der Waals surface area contributed by atoms with Crippen molar-refractivity contribution in [3.05, 3.63) is 313 Å². The van der Waals surface area contributed by atoms with Gasteiger partial charge < -0.3 is 56.8 Å². The molecule has 24 nitrogen and oxygen atoms in total. The monoisotopic (exact) mass is 1840 g/mol. The number of hydrogen-bond acceptors (Lipinski definition) is 16. The molecule has 4 aliphatic rings. The number of rotatable bonds is 25. The number of nitrogens with one attached hydrogen (secondary N) is 3. The summed E-state index contributed by atoms with van der Waals surface area (Å²) in [5, 5.41) is 8.26. The van der Waals surface area contributed by atoms with Gasteiger partial charge in [-0.15, -0.1) is 0 Å². The summed E-state index contributed by atoms with van der Waals surface area (Å²) in [6.45, 7) is 9.73. The van der Waals surface area contributed by atoms with Crippen molar-refractivity contribution in [1.29, 1.82) is 0 Å². The Morgan fingerprint density at radius 3 is 0.985 bits per heavy atom. The molecule has 3 N–H and O–H groups in total. The van der Waals surface area contributed by atoms with E-state index in [0.717, 1.165) is 126 Å². The topological polar surface area (TPSA) is 283 Å². The number of furan rings is 4. The Morgan fingerprint density at radius 2 is 0.667 bits per heavy atom. The van der Waals surface area contributed by atoms with Crippen LogP contribution in [0.15, 0.2) is 262 Å². The van der Waals surface area contributed by atoms with Crippen LogP contribution in [0.5, 0.6) is 0 Å². The third-order valence-corrected chi connectivity index (χ3v) is 25.5. The second-order valence-corrected chi connectivity index (χ2v) is 35.3. The lowest BCUT2D eigenvalue weighted by Gasteiger charge is -2.16. The zero-order chi connectivity index (χ0) is 93.6. The van der Waals surface area contributed by atoms with Crippen molar-refractivity contribution in [2.45, 2.75) is 156 Å². The molecule has 0 unspecified atom stereocenters. The molecule has 135 heavy (non-hydrogen) atoms. The fourth-order valence-electron chi connectivity index (χ4n) is 18.0. The molecule has 0 atom stereocenters. The maximum absolute atomic E-state index is 14.1. The highest BCUT2D eigenvalue weighted by atomic mass is 35.5. The Morgan fingerprint density at radius 1 is 0.378 bits per heavy atom. The quantitative estimate of drug-likeness (QED) is 0.0448. The van der Waals surface area contributed by atoms with Gasteiger partial charge in [-0.3, -0.25) is 39.1 Å². The molecular formula is C105H100ClF5N16O8. The molecule has 12 aromatic heterocycles. The van der Waals surface area contributed by atoms with Gasteiger partial charge in [0.05, 0.1) is 95.6 Å². The van der Waals surface area contributed by atoms with Gasteiger partial charge in [-0.25, -0.2) is 41.9 Å². The molecule has 4 aromatic carbocycles. The molecule has 4 aliphatic carbocycles. The van der Waals surface area contributed by atoms with Gasteiger partial charge in [0.25, 0.3) is 23.6 Å². The van der Waals surface area contributed by atoms with E-state index in [2.05, 4.69) is 110 Å². The van der Waals surface area contributed by atoms with Gasteiger partial charge in [-0.2, -0.15) is 0 Å². The van der Waals surface area contributed by atoms with Crippen LogP contribution in [0.4, 0.5) is 44.7 Å². The van der Waals surface area contributed by atoms with Crippen LogP contribution in [0, 0.1) is 59.7 Å². The van der Waals surface area contributed by atoms with Crippen molar-refractivity contribution in [1.82, 2.24) is 58.1 Å². The molecule has 0 radical (unpaired) electrons. The van der Waals surface area contributed by atoms with E-state index in [9.17, 15) is 41.1 Å². The number of pyridine rings is 4. The highest BCUT2D eigenvalue weighted by molar-refractivity contribution is 6.30. The maximum Gasteiger partial charge on any atom is 0.293 e. The van der Waals surface area contributed by atoms with E-state index in [0.29, 0.717) is 63.3 Å². The summed E-state index contributed by atoms with van der Waals surface area (Å²) in [4.78, 5) is 85.9. The Hall–Kier alpha value is -14.7. The highest BCUT2D eigenvalue weighted by Gasteiger charge is 2.31. The molecule has 4 saturated carbocycles. The summed E-state index contributed by atoms with van der Waals surface area (Å²) in [6, 6.07) is 49.3. The number of halogens is 6. The molecule has 30 heteroatoms. The molecular weight excluding hydrogens is 1740 g/mol. The lowest BCUT2D eigenvalue weighted by molar-refractivity contribution is 0.0963. The van der Waals surface area contributed by atoms with Gasteiger partial charge in [-0.05, 0) is 203 Å². The summed E-state index contributed by atoms with van der Waals surface area (Å²) in [7, 11) is 1.48. The van der Waals surface area contributed by atoms with Gasteiger partial charge >= 0.3 is 0 Å². The van der Waals surface area contributed by atoms with E-state index >= 15 is 0 Å². The zero-order valence-electron chi connectivity index (χ0n) is 75.0. The fraction of sp³-hybridized carbons (Fsp3) is 0.276. The van der Waals surface area contributed by atoms with Crippen molar-refractivity contribution in [2.24, 2.45) is 23.7 Å². The minimum atomic E-state index is -0.614. The van der Waals surface area contributed by atoms with Crippen LogP contribution >= 0.6 is 11.6 Å². The number of benzene rings is 4. The Balaban J connectivity index is 0.000000125. The number of carbonyl (C=O) groups is 4. The first-order valence-corrected chi connectivity index (χ1v) is 46.0. The second kappa shape index (κ2) is 42.4. The summed E-state index contributed by atoms with van der Waals surface area (Å²) in [5.74, 6) is 0.449. The number of aromatic nitrogens is 12. The molecule has 12 heterocycles. The molecule has 4 amide bonds. The third-order valence-electron chi connectivity index (χ3n) is 25.2. The summed E-state index contributed by atoms with van der Waals surface area (Å²) in [6.07, 6.45) is 36.7. The van der Waals surface area contributed by atoms with Crippen LogP contribution in [0.2, 0.25) is 5.02 Å². The predicted octanol–water partition coefficient (Wildman–Crippen LogP) is 25.4. The number of nitrogens with zero attached hydrogens (tertiary/aromatic N) is 13. The van der Waals surface area contributed by atoms with Gasteiger partial charge in [0.1, 0.15) is 28.6 Å². The van der Waals surface area contributed by atoms with Crippen molar-refractivity contribution in [2.75, 3.05) is 27.9 Å². The predicted molar refractivity (Wildman–Crippen MR) is 506 cm³/mol. The number of amides is 4. The van der Waals surface area contributed by atoms with E-state index in [-0.39, 0.29) is 51.6 Å². The van der Waals surface area contributed by atoms with Crippen LogP contribution in [0.3, 0.4) is 0 Å². The number of aryl methyl sites for hydroxylation is 1. The fourth-order valence-corrected chi connectivity index (χ4v) is 18.2. The molecule has 690 valence electrons. The standard InChI is InChI=1S/C28H29FN4O2.C26H24F2N4O2.C26H25FN4O2.C25H22ClFN4O2/c1-18(2)20-7-9-21(10-8-20)26-27(33(17-31-26)16-19-5-3-4-6-19)24-11-12-25(35-24)28(34)32-23-13-14-30-15-22(23)29;1-31(21-12-13-29-14-20(21)28)26(33)23-11-10-22(34-23)25-24(18-6-8-19(27)9-7-18)30-16-32(25)15-17-4-2-3-5-17;1-17-6-8-19(9-7-17)24-25(31(16-29-24)15-18-4-2-3-5-18)22-10-11-23(33-22)26(32)30-21-12-13-28-14-20(21)27;26-18-7-5-17(6-8-18)23-24(31(15-29-23)14-16-3-1-2-4-16)21-9-10-22(33-21)25(32)30-20-11-12-28-13-19(20)27/h7-15,17-19H,3-6,16H2,1-2H3,(H,30,32,34);6-14,16-17H,2-5,15H2,1H3;6-14,16,18H,2-5,15H2,1H3,(H,28,30,32);5-13,15-16H,1-4,14H2,(H,28,30,32). The van der Waals surface area contributed by atoms with Gasteiger partial charge in [0.15, 0.2) is 69.4 Å². The average Bonchev–Trinajstić information content (AvgIpc) is 1.65. The van der Waals surface area contributed by atoms with Crippen LogP contribution in [0.1, 0.15) is 176 Å². The number of hydrogen-bond donors (Lipinski definition) is 3. The van der Waals surface area contributed by atoms with E-state index < -0.39 is 46.9 Å². The molecule has 16 aromatic rings. The minimum Gasteiger partial charge on any atom is -0.449 e. The molecule has 0 aliphatic heterocycles. The SMILES string of the molecule is CC(C)c1ccc(-c2ncn(CC3CCCC3)c2-c2ccc(C(=O)Nc3ccncc3F)o2)cc1.CN(C(=O)c1ccc(-c2c(-c3ccc(F)cc3)ncn2CC2CCCC2)o1)c1ccncc1F.Cc1ccc(-c2ncn(CC3CCCC3)c2-c2ccc(C(=O)Nc3ccncc3F)o2)cc1.O=C(Nc1ccncc1F)c1ccc(-c2c(-c3ccc(Cl)cc3)ncn2CC2CCCC2)o1. The van der Waals surface area contributed by atoms with E-state index in [1.54, 1.807) is 67.0 Å². The zero-order valence-corrected chi connectivity index (χ0v) is 75.7. The van der Waals surface area contributed by atoms with Crippen LogP contribution < -0.4 is 20.9 Å². The highest BCUT2D eigenvalue weighted by Crippen LogP contribution is 2.43. The van der Waals surface area contributed by atoms with Crippen LogP contribution in [0.25, 0.3) is 90.8 Å². The largest absolute Gasteiger partial charge is 0.449 e. The normalized spacial score (nSPS) is 14.0. The third kappa shape index (κ3) is 22.0. The molecule has 0 bridgehead atoms. The Kier molecular flexibility index (Phi) is 29.0. The second-order valence-electron chi connectivity index (χ2n) is 34.9. The molecule has 20 rings (SSSR count). The summed E-state index contributed by atoms with van der Waals surface area (Å²) >= 11 is 6.07. The maximum atomic E-state index is 14.1. The summed E-state index contributed by atoms with van der Waals surface area (Å²) < 4.78 is 102. The Labute approximate surface area is 781 Å². The first-order valence-electron chi connectivity index (χ1n) is 45.6. The van der Waals surface area contributed by atoms with Crippen molar-refractivity contribution in [3.63, 3.8) is 0 Å². The lowest BCUT2D eigenvalue weighted by Crippen LogP contribution is -2.26. The molecule has 4 fully saturated rings. The van der Waals surface area contributed by atoms with Crippen LogP contribution in [-0.4, -0.2) is 88.8 Å². The van der Waals surface area contributed by atoms with Crippen molar-refractivity contribution < 1.29 is 58.8 Å². The molecule has 0 saturated heterocycles. The summed E-state index contributed by atoms with van der Waals surface area (Å²) in [5.41, 5.74) is 12.6. The van der Waals surface area contributed by atoms with E-state index in [1.807, 2.05) is 66.9 Å². The van der Waals surface area contributed by atoms with Crippen LogP contribution in [-0.2, 0) is 26.2 Å². The van der Waals surface area contributed by atoms with Gasteiger partial charge in [0, 0.05) is 85.3 Å². The first kappa shape index (κ1) is 92.1. The van der Waals surface area contributed by atoms with Crippen molar-refractivity contribution >= 4 is 58.0 Å². The number of carbonyl (C=O) groups excluding carboxylic acids is 4. The van der Waals surface area contributed by atoms with Crippen molar-refractivity contribution in [3.8, 4) is 90.8 Å². The number of anilines is 4. The first-order chi connectivity index (χ1) is 65.7. The van der Waals surface area contributed by atoms with E-state index in [4.69, 9.17) is 39.2 Å². The van der Waals surface area contributed by atoms with Gasteiger partial charge in [-0.1, -0.05) is 143 Å².